The van der Waals surface area contributed by atoms with E-state index in [2.05, 4.69) is 20.1 Å². The Morgan fingerprint density at radius 2 is 0.821 bits per heavy atom. The van der Waals surface area contributed by atoms with Gasteiger partial charge in [-0.3, -0.25) is 18.5 Å². The number of benzene rings is 6. The lowest BCUT2D eigenvalue weighted by Gasteiger charge is -2.15. The second kappa shape index (κ2) is 14.3. The molecule has 0 aliphatic carbocycles. The van der Waals surface area contributed by atoms with Crippen LogP contribution in [0.2, 0.25) is 0 Å². The summed E-state index contributed by atoms with van der Waals surface area (Å²) >= 11 is 0. The van der Waals surface area contributed by atoms with Crippen molar-refractivity contribution >= 4 is 90.6 Å². The fraction of sp³-hybridized carbons (Fsp3) is 0.0571. The summed E-state index contributed by atoms with van der Waals surface area (Å²) in [6.45, 7) is 3.05. The molecule has 8 N–H and O–H groups in total. The lowest BCUT2D eigenvalue weighted by Crippen LogP contribution is -2.21. The minimum absolute atomic E-state index is 0.0408. The minimum Gasteiger partial charge on any atom is -0.506 e. The Morgan fingerprint density at radius 3 is 1.18 bits per heavy atom. The topological polar surface area (TPSA) is 283 Å². The number of phenolic OH excluding ortho intramolecular Hbond substituents is 2. The Labute approximate surface area is 320 Å². The van der Waals surface area contributed by atoms with Crippen LogP contribution in [-0.4, -0.2) is 59.0 Å². The lowest BCUT2D eigenvalue weighted by atomic mass is 10.1. The molecule has 0 saturated carbocycles. The van der Waals surface area contributed by atoms with Crippen molar-refractivity contribution in [1.82, 2.24) is 0 Å². The molecule has 2 amide bonds. The van der Waals surface area contributed by atoms with Gasteiger partial charge in [0.2, 0.25) is 0 Å². The zero-order valence-electron chi connectivity index (χ0n) is 28.8. The Balaban J connectivity index is 1.17. The number of hydrogen-bond acceptors (Lipinski definition) is 11. The lowest BCUT2D eigenvalue weighted by molar-refractivity contribution is 0.262. The van der Waals surface area contributed by atoms with Gasteiger partial charge in [0.25, 0.3) is 40.3 Å². The molecule has 0 atom stereocenters. The summed E-state index contributed by atoms with van der Waals surface area (Å²) in [7, 11) is -18.0. The fourth-order valence-corrected chi connectivity index (χ4v) is 9.61. The number of rotatable bonds is 10. The number of phenols is 2. The van der Waals surface area contributed by atoms with Gasteiger partial charge in [0, 0.05) is 33.5 Å². The quantitative estimate of drug-likeness (QED) is 0.0763. The van der Waals surface area contributed by atoms with Crippen LogP contribution in [0.5, 0.6) is 11.5 Å². The maximum absolute atomic E-state index is 13.5. The van der Waals surface area contributed by atoms with Crippen molar-refractivity contribution in [2.75, 3.05) is 20.1 Å². The summed E-state index contributed by atoms with van der Waals surface area (Å²) in [5.74, 6) is -1.42. The van der Waals surface area contributed by atoms with E-state index in [0.717, 1.165) is 12.1 Å². The van der Waals surface area contributed by atoms with Crippen LogP contribution in [-0.2, 0) is 40.3 Å². The summed E-state index contributed by atoms with van der Waals surface area (Å²) in [4.78, 5) is 11.2. The van der Waals surface area contributed by atoms with Crippen molar-refractivity contribution in [2.45, 2.75) is 33.4 Å². The third kappa shape index (κ3) is 8.17. The van der Waals surface area contributed by atoms with E-state index in [1.165, 1.54) is 98.8 Å². The molecular weight excluding hydrogens is 813 g/mol. The van der Waals surface area contributed by atoms with Crippen LogP contribution in [0.25, 0.3) is 21.5 Å². The molecule has 0 heterocycles. The van der Waals surface area contributed by atoms with Crippen LogP contribution in [0.1, 0.15) is 11.1 Å². The van der Waals surface area contributed by atoms with Gasteiger partial charge in [-0.25, -0.2) is 21.6 Å². The zero-order chi connectivity index (χ0) is 41.0. The van der Waals surface area contributed by atoms with E-state index >= 15 is 0 Å². The van der Waals surface area contributed by atoms with Gasteiger partial charge in [-0.2, -0.15) is 16.8 Å². The highest BCUT2D eigenvalue weighted by molar-refractivity contribution is 7.93. The summed E-state index contributed by atoms with van der Waals surface area (Å²) in [6, 6.07) is 19.6. The molecule has 0 fully saturated rings. The van der Waals surface area contributed by atoms with Crippen molar-refractivity contribution in [3.8, 4) is 11.5 Å². The predicted octanol–water partition coefficient (Wildman–Crippen LogP) is 5.76. The molecule has 0 spiro atoms. The predicted molar refractivity (Wildman–Crippen MR) is 207 cm³/mol. The Morgan fingerprint density at radius 1 is 0.464 bits per heavy atom. The monoisotopic (exact) mass is 842 g/mol. The molecule has 6 aromatic carbocycles. The van der Waals surface area contributed by atoms with Crippen molar-refractivity contribution in [2.24, 2.45) is 0 Å². The maximum Gasteiger partial charge on any atom is 0.323 e. The number of fused-ring (bicyclic) bond motifs is 2. The van der Waals surface area contributed by atoms with Gasteiger partial charge < -0.3 is 20.8 Å². The van der Waals surface area contributed by atoms with E-state index in [-0.39, 0.29) is 54.1 Å². The summed E-state index contributed by atoms with van der Waals surface area (Å²) < 4.78 is 123. The van der Waals surface area contributed by atoms with E-state index in [1.54, 1.807) is 0 Å². The highest BCUT2D eigenvalue weighted by Gasteiger charge is 2.23. The van der Waals surface area contributed by atoms with E-state index in [4.69, 9.17) is 0 Å². The number of anilines is 4. The molecule has 6 rings (SSSR count). The summed E-state index contributed by atoms with van der Waals surface area (Å²) in [6.07, 6.45) is 0. The van der Waals surface area contributed by atoms with Crippen molar-refractivity contribution in [3.63, 3.8) is 0 Å². The Hall–Kier alpha value is -5.97. The van der Waals surface area contributed by atoms with Crippen LogP contribution in [0.3, 0.4) is 0 Å². The van der Waals surface area contributed by atoms with Gasteiger partial charge in [0.15, 0.2) is 0 Å². The van der Waals surface area contributed by atoms with Gasteiger partial charge in [-0.15, -0.1) is 0 Å². The number of urea groups is 1. The molecule has 0 radical (unpaired) electrons. The van der Waals surface area contributed by atoms with Crippen molar-refractivity contribution in [3.05, 3.63) is 108 Å². The van der Waals surface area contributed by atoms with Crippen LogP contribution in [0, 0.1) is 13.8 Å². The van der Waals surface area contributed by atoms with Crippen LogP contribution in [0.15, 0.2) is 117 Å². The third-order valence-electron chi connectivity index (χ3n) is 8.44. The highest BCUT2D eigenvalue weighted by Crippen LogP contribution is 2.35. The molecule has 0 aliphatic rings. The molecule has 6 aromatic rings. The minimum atomic E-state index is -4.71. The number of aromatic hydroxyl groups is 2. The molecular formula is C35H30N4O13S4. The standard InChI is InChI=1S/C35H30N4O13S4/c1-19-3-7-23(17-31(19)53(43,44)38-25-9-11-27-21(15-25)5-13-29(33(27)40)55(47,48)49)36-35(42)37-24-8-4-20(2)32(18-24)54(45,46)39-26-10-12-28-22(16-26)6-14-30(34(28)41)56(50,51)52/h3-18,38-41H,1-2H3,(H2,36,37,42)(H,47,48,49)(H,50,51,52). The first-order valence-electron chi connectivity index (χ1n) is 15.8. The van der Waals surface area contributed by atoms with E-state index < -0.39 is 67.6 Å². The van der Waals surface area contributed by atoms with Crippen molar-refractivity contribution < 1.29 is 57.8 Å². The van der Waals surface area contributed by atoms with Gasteiger partial charge in [-0.1, -0.05) is 24.3 Å². The number of amides is 2. The van der Waals surface area contributed by atoms with Gasteiger partial charge in [0.05, 0.1) is 9.79 Å². The Bertz CT molecular complexity index is 2880. The second-order valence-electron chi connectivity index (χ2n) is 12.4. The van der Waals surface area contributed by atoms with E-state index in [0.29, 0.717) is 11.1 Å². The van der Waals surface area contributed by atoms with Crippen LogP contribution < -0.4 is 20.1 Å². The summed E-state index contributed by atoms with van der Waals surface area (Å²) in [5, 5.41) is 26.3. The van der Waals surface area contributed by atoms with Crippen molar-refractivity contribution in [1.29, 1.82) is 0 Å². The smallest absolute Gasteiger partial charge is 0.323 e. The molecule has 0 bridgehead atoms. The molecule has 0 saturated heterocycles. The number of aryl methyl sites for hydroxylation is 2. The molecule has 0 aliphatic heterocycles. The van der Waals surface area contributed by atoms with Crippen LogP contribution >= 0.6 is 0 Å². The molecule has 56 heavy (non-hydrogen) atoms. The maximum atomic E-state index is 13.5. The van der Waals surface area contributed by atoms with Gasteiger partial charge in [0.1, 0.15) is 21.3 Å². The first kappa shape index (κ1) is 39.7. The van der Waals surface area contributed by atoms with E-state index in [1.807, 2.05) is 0 Å². The van der Waals surface area contributed by atoms with Gasteiger partial charge in [-0.05, 0) is 109 Å². The van der Waals surface area contributed by atoms with E-state index in [9.17, 15) is 57.8 Å². The van der Waals surface area contributed by atoms with Gasteiger partial charge >= 0.3 is 6.03 Å². The molecule has 0 unspecified atom stereocenters. The fourth-order valence-electron chi connectivity index (χ4n) is 5.78. The largest absolute Gasteiger partial charge is 0.506 e. The number of sulfonamides is 2. The Kier molecular flexibility index (Phi) is 10.1. The first-order chi connectivity index (χ1) is 26.0. The zero-order valence-corrected chi connectivity index (χ0v) is 32.1. The number of carbonyl (C=O) groups excluding carboxylic acids is 1. The third-order valence-corrected chi connectivity index (χ3v) is 13.3. The SMILES string of the molecule is Cc1ccc(NC(=O)Nc2ccc(C)c(S(=O)(=O)Nc3ccc4c(O)c(S(=O)(=O)O)ccc4c3)c2)cc1S(=O)(=O)Nc1ccc2c(O)c(S(=O)(=O)O)ccc2c1. The second-order valence-corrected chi connectivity index (χ2v) is 18.5. The highest BCUT2D eigenvalue weighted by atomic mass is 32.2. The number of carbonyl (C=O) groups is 1. The summed E-state index contributed by atoms with van der Waals surface area (Å²) in [5.41, 5.74) is 0.851. The average molecular weight is 843 g/mol. The molecule has 292 valence electrons. The average Bonchev–Trinajstić information content (AvgIpc) is 3.08. The normalized spacial score (nSPS) is 12.4. The van der Waals surface area contributed by atoms with Crippen LogP contribution in [0.4, 0.5) is 27.5 Å². The molecule has 0 aromatic heterocycles. The number of hydrogen-bond donors (Lipinski definition) is 8. The molecule has 21 heteroatoms. The first-order valence-corrected chi connectivity index (χ1v) is 21.7. The molecule has 17 nitrogen and oxygen atoms in total. The number of nitrogens with one attached hydrogen (secondary N) is 4.